The molecule has 0 saturated heterocycles. The number of phenolic OH excluding ortho intramolecular Hbond substituents is 1. The summed E-state index contributed by atoms with van der Waals surface area (Å²) in [5.74, 6) is -1.74. The van der Waals surface area contributed by atoms with Crippen LogP contribution in [0, 0.1) is 0 Å². The molecule has 5 N–H and O–H groups in total. The number of ether oxygens (including phenoxy) is 1. The standard InChI is InChI=1S/C9H8O4.Na.2H2O/c1-6(10)13-9(12)7-4-2-3-5-8(7)11;;;/h2-5,11H,1H3;;2*1H2. The number of aromatic hydroxyl groups is 1. The van der Waals surface area contributed by atoms with Gasteiger partial charge in [0.05, 0.1) is 0 Å². The molecule has 0 unspecified atom stereocenters. The van der Waals surface area contributed by atoms with Crippen LogP contribution in [0.3, 0.4) is 0 Å². The second kappa shape index (κ2) is 9.32. The molecular weight excluding hydrogens is 227 g/mol. The number of carbonyl (C=O) groups excluding carboxylic acids is 2. The van der Waals surface area contributed by atoms with Crippen LogP contribution in [0.2, 0.25) is 0 Å². The molecule has 0 saturated carbocycles. The first-order valence-corrected chi connectivity index (χ1v) is 3.62. The van der Waals surface area contributed by atoms with E-state index in [2.05, 4.69) is 4.74 Å². The van der Waals surface area contributed by atoms with E-state index in [-0.39, 0.29) is 51.8 Å². The number of esters is 2. The SMILES string of the molecule is CC(=O)OC(=O)c1ccccc1O.O.O.[Na]. The molecule has 1 radical (unpaired) electrons. The van der Waals surface area contributed by atoms with Gasteiger partial charge in [0.25, 0.3) is 0 Å². The fourth-order valence-corrected chi connectivity index (χ4v) is 0.832. The molecular formula is C9H12NaO6. The van der Waals surface area contributed by atoms with E-state index in [0.29, 0.717) is 0 Å². The summed E-state index contributed by atoms with van der Waals surface area (Å²) in [5.41, 5.74) is -0.0160. The number of carbonyl (C=O) groups is 2. The Morgan fingerprint density at radius 1 is 1.19 bits per heavy atom. The van der Waals surface area contributed by atoms with Gasteiger partial charge in [-0.2, -0.15) is 0 Å². The topological polar surface area (TPSA) is 127 Å². The minimum atomic E-state index is -0.842. The van der Waals surface area contributed by atoms with Gasteiger partial charge in [-0.3, -0.25) is 4.79 Å². The number of hydrogen-bond donors (Lipinski definition) is 1. The van der Waals surface area contributed by atoms with Crippen LogP contribution in [0.5, 0.6) is 5.75 Å². The number of rotatable bonds is 1. The Bertz CT molecular complexity index is 352. The van der Waals surface area contributed by atoms with E-state index in [1.54, 1.807) is 12.1 Å². The largest absolute Gasteiger partial charge is 0.507 e. The molecule has 85 valence electrons. The first kappa shape index (κ1) is 20.5. The molecule has 0 aliphatic rings. The maximum Gasteiger partial charge on any atom is 0.349 e. The normalized spacial score (nSPS) is 7.56. The maximum absolute atomic E-state index is 11.1. The fourth-order valence-electron chi connectivity index (χ4n) is 0.832. The summed E-state index contributed by atoms with van der Waals surface area (Å²) in [6.45, 7) is 1.12. The Kier molecular flexibility index (Phi) is 11.9. The van der Waals surface area contributed by atoms with Gasteiger partial charge in [0.1, 0.15) is 11.3 Å². The van der Waals surface area contributed by atoms with Gasteiger partial charge < -0.3 is 20.8 Å². The van der Waals surface area contributed by atoms with Gasteiger partial charge >= 0.3 is 11.9 Å². The van der Waals surface area contributed by atoms with E-state index in [1.165, 1.54) is 12.1 Å². The van der Waals surface area contributed by atoms with E-state index >= 15 is 0 Å². The van der Waals surface area contributed by atoms with Crippen LogP contribution in [-0.4, -0.2) is 57.6 Å². The van der Waals surface area contributed by atoms with Crippen LogP contribution in [-0.2, 0) is 9.53 Å². The molecule has 1 aromatic rings. The Labute approximate surface area is 114 Å². The van der Waals surface area contributed by atoms with Gasteiger partial charge in [-0.15, -0.1) is 0 Å². The summed E-state index contributed by atoms with van der Waals surface area (Å²) in [6.07, 6.45) is 0. The first-order valence-electron chi connectivity index (χ1n) is 3.62. The van der Waals surface area contributed by atoms with Crippen molar-refractivity contribution in [3.8, 4) is 5.75 Å². The number of benzene rings is 1. The van der Waals surface area contributed by atoms with Crippen molar-refractivity contribution in [2.75, 3.05) is 0 Å². The van der Waals surface area contributed by atoms with Crippen molar-refractivity contribution in [1.82, 2.24) is 0 Å². The molecule has 0 spiro atoms. The molecule has 16 heavy (non-hydrogen) atoms. The predicted molar refractivity (Wildman–Crippen MR) is 57.2 cm³/mol. The minimum Gasteiger partial charge on any atom is -0.507 e. The van der Waals surface area contributed by atoms with Gasteiger partial charge in [0, 0.05) is 36.5 Å². The Morgan fingerprint density at radius 3 is 2.12 bits per heavy atom. The molecule has 0 aliphatic heterocycles. The average molecular weight is 239 g/mol. The smallest absolute Gasteiger partial charge is 0.349 e. The third-order valence-corrected chi connectivity index (χ3v) is 1.36. The van der Waals surface area contributed by atoms with Gasteiger partial charge in [-0.1, -0.05) is 12.1 Å². The summed E-state index contributed by atoms with van der Waals surface area (Å²) in [4.78, 5) is 21.5. The van der Waals surface area contributed by atoms with Crippen molar-refractivity contribution >= 4 is 41.5 Å². The number of para-hydroxylation sites is 1. The zero-order chi connectivity index (χ0) is 9.84. The maximum atomic E-state index is 11.1. The molecule has 0 bridgehead atoms. The predicted octanol–water partition coefficient (Wildman–Crippen LogP) is -0.935. The van der Waals surface area contributed by atoms with E-state index < -0.39 is 11.9 Å². The summed E-state index contributed by atoms with van der Waals surface area (Å²) in [5, 5.41) is 9.18. The molecule has 0 heterocycles. The monoisotopic (exact) mass is 239 g/mol. The van der Waals surface area contributed by atoms with Crippen LogP contribution < -0.4 is 0 Å². The van der Waals surface area contributed by atoms with Crippen molar-refractivity contribution in [3.05, 3.63) is 29.8 Å². The second-order valence-corrected chi connectivity index (χ2v) is 2.40. The fraction of sp³-hybridized carbons (Fsp3) is 0.111. The van der Waals surface area contributed by atoms with Gasteiger partial charge in [-0.05, 0) is 12.1 Å². The second-order valence-electron chi connectivity index (χ2n) is 2.40. The molecule has 0 aliphatic carbocycles. The van der Waals surface area contributed by atoms with Crippen molar-refractivity contribution in [1.29, 1.82) is 0 Å². The van der Waals surface area contributed by atoms with Crippen molar-refractivity contribution < 1.29 is 30.4 Å². The van der Waals surface area contributed by atoms with Crippen molar-refractivity contribution in [3.63, 3.8) is 0 Å². The van der Waals surface area contributed by atoms with E-state index in [0.717, 1.165) is 6.92 Å². The Hall–Kier alpha value is -0.920. The number of hydrogen-bond acceptors (Lipinski definition) is 4. The van der Waals surface area contributed by atoms with Crippen molar-refractivity contribution in [2.45, 2.75) is 6.92 Å². The summed E-state index contributed by atoms with van der Waals surface area (Å²) < 4.78 is 4.28. The molecule has 0 aromatic heterocycles. The number of phenols is 1. The quantitative estimate of drug-likeness (QED) is 0.385. The Balaban J connectivity index is -0.000000563. The summed E-state index contributed by atoms with van der Waals surface area (Å²) in [7, 11) is 0. The van der Waals surface area contributed by atoms with Crippen LogP contribution >= 0.6 is 0 Å². The van der Waals surface area contributed by atoms with Crippen LogP contribution in [0.25, 0.3) is 0 Å². The average Bonchev–Trinajstić information content (AvgIpc) is 2.03. The summed E-state index contributed by atoms with van der Waals surface area (Å²) >= 11 is 0. The first-order chi connectivity index (χ1) is 6.11. The van der Waals surface area contributed by atoms with Crippen LogP contribution in [0.15, 0.2) is 24.3 Å². The minimum absolute atomic E-state index is 0. The van der Waals surface area contributed by atoms with E-state index in [9.17, 15) is 14.7 Å². The van der Waals surface area contributed by atoms with Crippen LogP contribution in [0.1, 0.15) is 17.3 Å². The molecule has 0 fully saturated rings. The Morgan fingerprint density at radius 2 is 1.69 bits per heavy atom. The molecule has 1 rings (SSSR count). The van der Waals surface area contributed by atoms with Gasteiger partial charge in [0.2, 0.25) is 0 Å². The zero-order valence-electron chi connectivity index (χ0n) is 8.98. The third kappa shape index (κ3) is 5.84. The van der Waals surface area contributed by atoms with E-state index in [4.69, 9.17) is 0 Å². The molecule has 7 heteroatoms. The van der Waals surface area contributed by atoms with Gasteiger partial charge in [0.15, 0.2) is 0 Å². The molecule has 1 aromatic carbocycles. The van der Waals surface area contributed by atoms with Gasteiger partial charge in [-0.25, -0.2) is 4.79 Å². The molecule has 0 amide bonds. The molecule has 0 atom stereocenters. The van der Waals surface area contributed by atoms with E-state index in [1.807, 2.05) is 0 Å². The zero-order valence-corrected chi connectivity index (χ0v) is 11.0. The third-order valence-electron chi connectivity index (χ3n) is 1.36. The molecule has 6 nitrogen and oxygen atoms in total. The van der Waals surface area contributed by atoms with Crippen molar-refractivity contribution in [2.24, 2.45) is 0 Å². The van der Waals surface area contributed by atoms with Crippen LogP contribution in [0.4, 0.5) is 0 Å². The summed E-state index contributed by atoms with van der Waals surface area (Å²) in [6, 6.07) is 5.85.